The number of benzene rings is 2. The Hall–Kier alpha value is -3.38. The summed E-state index contributed by atoms with van der Waals surface area (Å²) >= 11 is 0. The lowest BCUT2D eigenvalue weighted by atomic mass is 10.0. The van der Waals surface area contributed by atoms with Crippen LogP contribution in [0.3, 0.4) is 0 Å². The van der Waals surface area contributed by atoms with E-state index in [1.165, 1.54) is 0 Å². The second-order valence-electron chi connectivity index (χ2n) is 7.29. The van der Waals surface area contributed by atoms with Crippen molar-refractivity contribution in [1.29, 1.82) is 0 Å². The lowest BCUT2D eigenvalue weighted by Gasteiger charge is -2.11. The number of hydrogen-bond donors (Lipinski definition) is 2. The maximum Gasteiger partial charge on any atom is 0.340 e. The van der Waals surface area contributed by atoms with Gasteiger partial charge in [0.2, 0.25) is 5.91 Å². The predicted molar refractivity (Wildman–Crippen MR) is 117 cm³/mol. The van der Waals surface area contributed by atoms with Crippen molar-refractivity contribution in [3.8, 4) is 5.75 Å². The summed E-state index contributed by atoms with van der Waals surface area (Å²) in [5, 5.41) is 12.5. The molecule has 3 aromatic rings. The first-order valence-corrected chi connectivity index (χ1v) is 9.70. The number of fused-ring (bicyclic) bond motifs is 1. The lowest BCUT2D eigenvalue weighted by Crippen LogP contribution is -2.20. The number of nitrogens with one attached hydrogen (secondary N) is 1. The van der Waals surface area contributed by atoms with E-state index in [4.69, 9.17) is 14.3 Å². The first kappa shape index (κ1) is 21.3. The maximum absolute atomic E-state index is 12.5. The minimum Gasteiger partial charge on any atom is -0.489 e. The van der Waals surface area contributed by atoms with Crippen LogP contribution >= 0.6 is 0 Å². The van der Waals surface area contributed by atoms with E-state index in [0.717, 1.165) is 16.5 Å². The van der Waals surface area contributed by atoms with Crippen molar-refractivity contribution < 1.29 is 19.1 Å². The van der Waals surface area contributed by atoms with Crippen LogP contribution in [0.25, 0.3) is 11.0 Å². The molecule has 0 unspecified atom stereocenters. The number of aryl methyl sites for hydroxylation is 1. The Balaban J connectivity index is 1.78. The average molecular weight is 407 g/mol. The average Bonchev–Trinajstić information content (AvgIpc) is 2.71. The number of aliphatic hydroxyl groups is 1. The van der Waals surface area contributed by atoms with Gasteiger partial charge in [-0.1, -0.05) is 18.7 Å². The van der Waals surface area contributed by atoms with Crippen molar-refractivity contribution in [3.05, 3.63) is 81.7 Å². The predicted octanol–water partition coefficient (Wildman–Crippen LogP) is 3.77. The number of hydrogen-bond acceptors (Lipinski definition) is 5. The lowest BCUT2D eigenvalue weighted by molar-refractivity contribution is -0.115. The molecule has 1 aromatic heterocycles. The van der Waals surface area contributed by atoms with Crippen molar-refractivity contribution in [2.45, 2.75) is 26.7 Å². The van der Waals surface area contributed by atoms with Crippen molar-refractivity contribution in [3.63, 3.8) is 0 Å². The summed E-state index contributed by atoms with van der Waals surface area (Å²) in [7, 11) is 0. The van der Waals surface area contributed by atoms with Crippen molar-refractivity contribution in [2.75, 3.05) is 18.5 Å². The number of ether oxygens (including phenoxy) is 1. The summed E-state index contributed by atoms with van der Waals surface area (Å²) in [6.07, 6.45) is 0.474. The minimum absolute atomic E-state index is 0.0736. The molecular formula is C24H25NO5. The Morgan fingerprint density at radius 1 is 1.20 bits per heavy atom. The molecule has 0 spiro atoms. The molecule has 2 N–H and O–H groups in total. The van der Waals surface area contributed by atoms with Gasteiger partial charge in [0.1, 0.15) is 17.9 Å². The molecule has 0 radical (unpaired) electrons. The quantitative estimate of drug-likeness (QED) is 0.438. The standard InChI is InChI=1S/C24H25NO5/c1-15(2)14-29-19-8-9-20-16(3)21(24(28)30-22(20)12-19)13-23(27)25-18-6-4-17(5-7-18)10-11-26/h4-9,12,26H,1,10-11,13-14H2,2-3H3,(H,25,27). The van der Waals surface area contributed by atoms with Crippen LogP contribution in [0.4, 0.5) is 5.69 Å². The van der Waals surface area contributed by atoms with Gasteiger partial charge in [-0.15, -0.1) is 0 Å². The summed E-state index contributed by atoms with van der Waals surface area (Å²) in [6.45, 7) is 7.93. The first-order chi connectivity index (χ1) is 14.4. The fraction of sp³-hybridized carbons (Fsp3) is 0.250. The van der Waals surface area contributed by atoms with E-state index in [0.29, 0.717) is 41.2 Å². The van der Waals surface area contributed by atoms with E-state index in [1.54, 1.807) is 31.2 Å². The Labute approximate surface area is 174 Å². The van der Waals surface area contributed by atoms with Gasteiger partial charge in [0.25, 0.3) is 0 Å². The van der Waals surface area contributed by atoms with Crippen LogP contribution in [0.1, 0.15) is 23.6 Å². The second-order valence-corrected chi connectivity index (χ2v) is 7.29. The molecule has 1 amide bonds. The zero-order chi connectivity index (χ0) is 21.7. The normalized spacial score (nSPS) is 10.8. The van der Waals surface area contributed by atoms with Crippen LogP contribution in [-0.4, -0.2) is 24.2 Å². The monoisotopic (exact) mass is 407 g/mol. The van der Waals surface area contributed by atoms with Crippen LogP contribution in [0, 0.1) is 6.92 Å². The largest absolute Gasteiger partial charge is 0.489 e. The molecule has 30 heavy (non-hydrogen) atoms. The highest BCUT2D eigenvalue weighted by Gasteiger charge is 2.16. The number of amides is 1. The van der Waals surface area contributed by atoms with Crippen molar-refractivity contribution in [2.24, 2.45) is 0 Å². The minimum atomic E-state index is -0.537. The Morgan fingerprint density at radius 2 is 1.93 bits per heavy atom. The fourth-order valence-electron chi connectivity index (χ4n) is 3.12. The smallest absolute Gasteiger partial charge is 0.340 e. The van der Waals surface area contributed by atoms with Gasteiger partial charge in [-0.3, -0.25) is 4.79 Å². The van der Waals surface area contributed by atoms with E-state index >= 15 is 0 Å². The Bertz CT molecular complexity index is 1130. The van der Waals surface area contributed by atoms with E-state index in [9.17, 15) is 9.59 Å². The summed E-state index contributed by atoms with van der Waals surface area (Å²) in [5.41, 5.74) is 3.41. The van der Waals surface area contributed by atoms with Gasteiger partial charge in [-0.05, 0) is 61.2 Å². The summed E-state index contributed by atoms with van der Waals surface area (Å²) < 4.78 is 11.1. The topological polar surface area (TPSA) is 88.8 Å². The molecule has 0 fully saturated rings. The highest BCUT2D eigenvalue weighted by Crippen LogP contribution is 2.25. The van der Waals surface area contributed by atoms with Gasteiger partial charge in [0.15, 0.2) is 0 Å². The molecule has 0 aliphatic carbocycles. The summed E-state index contributed by atoms with van der Waals surface area (Å²) in [4.78, 5) is 25.0. The molecule has 6 heteroatoms. The highest BCUT2D eigenvalue weighted by atomic mass is 16.5. The maximum atomic E-state index is 12.5. The van der Waals surface area contributed by atoms with Crippen LogP contribution in [0.15, 0.2) is 63.8 Å². The third-order valence-corrected chi connectivity index (χ3v) is 4.72. The number of rotatable bonds is 8. The number of carbonyl (C=O) groups is 1. The van der Waals surface area contributed by atoms with Crippen LogP contribution < -0.4 is 15.7 Å². The van der Waals surface area contributed by atoms with Gasteiger partial charge in [0.05, 0.1) is 12.0 Å². The van der Waals surface area contributed by atoms with E-state index in [2.05, 4.69) is 11.9 Å². The van der Waals surface area contributed by atoms with Gasteiger partial charge in [-0.25, -0.2) is 4.79 Å². The van der Waals surface area contributed by atoms with Crippen LogP contribution in [0.2, 0.25) is 0 Å². The Morgan fingerprint density at radius 3 is 2.60 bits per heavy atom. The summed E-state index contributed by atoms with van der Waals surface area (Å²) in [6, 6.07) is 12.5. The molecule has 156 valence electrons. The Kier molecular flexibility index (Phi) is 6.69. The van der Waals surface area contributed by atoms with E-state index in [1.807, 2.05) is 25.1 Å². The highest BCUT2D eigenvalue weighted by molar-refractivity contribution is 5.93. The van der Waals surface area contributed by atoms with E-state index < -0.39 is 5.63 Å². The molecule has 0 atom stereocenters. The molecule has 0 aliphatic heterocycles. The number of aliphatic hydroxyl groups excluding tert-OH is 1. The molecule has 1 heterocycles. The van der Waals surface area contributed by atoms with Gasteiger partial charge in [-0.2, -0.15) is 0 Å². The number of carbonyl (C=O) groups excluding carboxylic acids is 1. The zero-order valence-electron chi connectivity index (χ0n) is 17.2. The SMILES string of the molecule is C=C(C)COc1ccc2c(C)c(CC(=O)Nc3ccc(CCO)cc3)c(=O)oc2c1. The molecular weight excluding hydrogens is 382 g/mol. The van der Waals surface area contributed by atoms with Crippen LogP contribution in [-0.2, 0) is 17.6 Å². The summed E-state index contributed by atoms with van der Waals surface area (Å²) in [5.74, 6) is 0.282. The molecule has 2 aromatic carbocycles. The molecule has 3 rings (SSSR count). The van der Waals surface area contributed by atoms with Crippen molar-refractivity contribution in [1.82, 2.24) is 0 Å². The van der Waals surface area contributed by atoms with Gasteiger partial charge in [0, 0.05) is 23.7 Å². The molecule has 6 nitrogen and oxygen atoms in total. The zero-order valence-corrected chi connectivity index (χ0v) is 17.2. The van der Waals surface area contributed by atoms with Crippen molar-refractivity contribution >= 4 is 22.6 Å². The van der Waals surface area contributed by atoms with Crippen LogP contribution in [0.5, 0.6) is 5.75 Å². The molecule has 0 aliphatic rings. The fourth-order valence-corrected chi connectivity index (χ4v) is 3.12. The van der Waals surface area contributed by atoms with Gasteiger partial charge >= 0.3 is 5.63 Å². The molecule has 0 bridgehead atoms. The van der Waals surface area contributed by atoms with E-state index in [-0.39, 0.29) is 18.9 Å². The third-order valence-electron chi connectivity index (χ3n) is 4.72. The number of anilines is 1. The first-order valence-electron chi connectivity index (χ1n) is 9.70. The second kappa shape index (κ2) is 9.41. The third kappa shape index (κ3) is 5.15. The molecule has 0 saturated heterocycles. The van der Waals surface area contributed by atoms with Gasteiger partial charge < -0.3 is 19.6 Å². The molecule has 0 saturated carbocycles.